The molecular weight excluding hydrogens is 396 g/mol. The molecule has 3 rings (SSSR count). The van der Waals surface area contributed by atoms with E-state index >= 15 is 0 Å². The van der Waals surface area contributed by atoms with Gasteiger partial charge in [0.25, 0.3) is 11.1 Å². The lowest BCUT2D eigenvalue weighted by Gasteiger charge is -2.13. The van der Waals surface area contributed by atoms with E-state index < -0.39 is 11.1 Å². The van der Waals surface area contributed by atoms with E-state index in [2.05, 4.69) is 5.32 Å². The molecule has 0 aliphatic carbocycles. The Bertz CT molecular complexity index is 991. The molecule has 0 radical (unpaired) electrons. The number of carbonyl (C=O) groups is 3. The van der Waals surface area contributed by atoms with Gasteiger partial charge in [0, 0.05) is 12.6 Å². The topological polar surface area (TPSA) is 105 Å². The van der Waals surface area contributed by atoms with Gasteiger partial charge in [0.2, 0.25) is 11.7 Å². The van der Waals surface area contributed by atoms with Gasteiger partial charge in [0.05, 0.1) is 24.8 Å². The zero-order chi connectivity index (χ0) is 21.1. The number of amides is 3. The summed E-state index contributed by atoms with van der Waals surface area (Å²) in [6.07, 6.45) is 1.53. The van der Waals surface area contributed by atoms with Crippen LogP contribution < -0.4 is 19.7 Å². The van der Waals surface area contributed by atoms with Crippen molar-refractivity contribution in [2.24, 2.45) is 0 Å². The van der Waals surface area contributed by atoms with E-state index in [1.165, 1.54) is 39.4 Å². The Balaban J connectivity index is 1.90. The fourth-order valence-corrected chi connectivity index (χ4v) is 3.58. The first-order valence-corrected chi connectivity index (χ1v) is 9.26. The fraction of sp³-hybridized carbons (Fsp3) is 0.150. The van der Waals surface area contributed by atoms with E-state index in [4.69, 9.17) is 9.47 Å². The maximum absolute atomic E-state index is 12.8. The van der Waals surface area contributed by atoms with E-state index in [1.54, 1.807) is 24.3 Å². The largest absolute Gasteiger partial charge is 0.502 e. The smallest absolute Gasteiger partial charge is 0.298 e. The molecule has 2 aromatic carbocycles. The quantitative estimate of drug-likeness (QED) is 0.720. The number of imide groups is 1. The standard InChI is InChI=1S/C20H18N2O6S/c1-11(23)21-13-4-6-14(7-5-13)22-19(25)17(29-20(22)26)10-12-8-15(27-2)18(24)16(9-12)28-3/h4-10,24H,1-3H3,(H,21,23)/b17-10-. The van der Waals surface area contributed by atoms with Crippen LogP contribution in [0.25, 0.3) is 6.08 Å². The Morgan fingerprint density at radius 1 is 1.10 bits per heavy atom. The minimum Gasteiger partial charge on any atom is -0.502 e. The highest BCUT2D eigenvalue weighted by Crippen LogP contribution is 2.40. The number of carbonyl (C=O) groups excluding carboxylic acids is 3. The van der Waals surface area contributed by atoms with E-state index in [0.29, 0.717) is 16.9 Å². The summed E-state index contributed by atoms with van der Waals surface area (Å²) in [5, 5.41) is 12.2. The summed E-state index contributed by atoms with van der Waals surface area (Å²) >= 11 is 0.802. The summed E-state index contributed by atoms with van der Waals surface area (Å²) in [5.74, 6) is -0.476. The predicted octanol–water partition coefficient (Wildman–Crippen LogP) is 3.61. The number of phenols is 1. The van der Waals surface area contributed by atoms with Crippen molar-refractivity contribution in [3.63, 3.8) is 0 Å². The van der Waals surface area contributed by atoms with Crippen LogP contribution >= 0.6 is 11.8 Å². The first-order chi connectivity index (χ1) is 13.8. The molecule has 1 aliphatic heterocycles. The third-order valence-electron chi connectivity index (χ3n) is 4.04. The third-order valence-corrected chi connectivity index (χ3v) is 4.91. The normalized spacial score (nSPS) is 15.0. The summed E-state index contributed by atoms with van der Waals surface area (Å²) < 4.78 is 10.2. The second-order valence-electron chi connectivity index (χ2n) is 6.02. The molecule has 8 nitrogen and oxygen atoms in total. The molecule has 0 spiro atoms. The molecule has 0 saturated carbocycles. The van der Waals surface area contributed by atoms with Gasteiger partial charge in [-0.25, -0.2) is 4.90 Å². The Morgan fingerprint density at radius 3 is 2.21 bits per heavy atom. The molecule has 0 aromatic heterocycles. The number of thioether (sulfide) groups is 1. The van der Waals surface area contributed by atoms with Gasteiger partial charge >= 0.3 is 0 Å². The van der Waals surface area contributed by atoms with Crippen LogP contribution in [0.5, 0.6) is 17.2 Å². The second-order valence-corrected chi connectivity index (χ2v) is 7.01. The van der Waals surface area contributed by atoms with E-state index in [0.717, 1.165) is 16.7 Å². The Labute approximate surface area is 171 Å². The zero-order valence-corrected chi connectivity index (χ0v) is 16.7. The maximum atomic E-state index is 12.8. The molecule has 1 fully saturated rings. The molecule has 2 N–H and O–H groups in total. The molecule has 3 amide bonds. The number of nitrogens with zero attached hydrogens (tertiary/aromatic N) is 1. The summed E-state index contributed by atoms with van der Waals surface area (Å²) in [7, 11) is 2.80. The van der Waals surface area contributed by atoms with Gasteiger partial charge < -0.3 is 19.9 Å². The summed E-state index contributed by atoms with van der Waals surface area (Å²) in [4.78, 5) is 37.6. The maximum Gasteiger partial charge on any atom is 0.298 e. The number of phenolic OH excluding ortho intramolecular Hbond substituents is 1. The van der Waals surface area contributed by atoms with Gasteiger partial charge in [-0.05, 0) is 59.8 Å². The summed E-state index contributed by atoms with van der Waals surface area (Å²) in [5.41, 5.74) is 1.49. The Hall–Kier alpha value is -3.46. The number of methoxy groups -OCH3 is 2. The van der Waals surface area contributed by atoms with Crippen molar-refractivity contribution in [2.45, 2.75) is 6.92 Å². The number of rotatable bonds is 5. The number of ether oxygens (including phenoxy) is 2. The molecule has 0 bridgehead atoms. The minimum atomic E-state index is -0.474. The van der Waals surface area contributed by atoms with Crippen LogP contribution in [0.2, 0.25) is 0 Å². The van der Waals surface area contributed by atoms with Crippen molar-refractivity contribution in [2.75, 3.05) is 24.4 Å². The van der Waals surface area contributed by atoms with Crippen LogP contribution in [-0.2, 0) is 9.59 Å². The molecule has 9 heteroatoms. The highest BCUT2D eigenvalue weighted by Gasteiger charge is 2.36. The number of benzene rings is 2. The molecule has 2 aromatic rings. The van der Waals surface area contributed by atoms with Crippen molar-refractivity contribution in [3.8, 4) is 17.2 Å². The highest BCUT2D eigenvalue weighted by atomic mass is 32.2. The lowest BCUT2D eigenvalue weighted by Crippen LogP contribution is -2.27. The predicted molar refractivity (Wildman–Crippen MR) is 110 cm³/mol. The molecule has 1 saturated heterocycles. The first kappa shape index (κ1) is 20.3. The first-order valence-electron chi connectivity index (χ1n) is 8.44. The van der Waals surface area contributed by atoms with Gasteiger partial charge in [0.15, 0.2) is 11.5 Å². The molecule has 150 valence electrons. The van der Waals surface area contributed by atoms with Crippen molar-refractivity contribution < 1.29 is 29.0 Å². The van der Waals surface area contributed by atoms with Crippen LogP contribution in [0.3, 0.4) is 0 Å². The number of aromatic hydroxyl groups is 1. The Morgan fingerprint density at radius 2 is 1.69 bits per heavy atom. The average Bonchev–Trinajstić information content (AvgIpc) is 2.96. The van der Waals surface area contributed by atoms with Gasteiger partial charge in [-0.1, -0.05) is 0 Å². The lowest BCUT2D eigenvalue weighted by atomic mass is 10.1. The molecule has 1 heterocycles. The number of anilines is 2. The van der Waals surface area contributed by atoms with Crippen molar-refractivity contribution in [1.82, 2.24) is 0 Å². The SMILES string of the molecule is COc1cc(/C=C2\SC(=O)N(c3ccc(NC(C)=O)cc3)C2=O)cc(OC)c1O. The number of hydrogen-bond acceptors (Lipinski definition) is 7. The number of hydrogen-bond donors (Lipinski definition) is 2. The van der Waals surface area contributed by atoms with E-state index in [1.807, 2.05) is 0 Å². The fourth-order valence-electron chi connectivity index (χ4n) is 2.74. The van der Waals surface area contributed by atoms with E-state index in [-0.39, 0.29) is 28.1 Å². The molecule has 29 heavy (non-hydrogen) atoms. The van der Waals surface area contributed by atoms with Crippen LogP contribution in [0.1, 0.15) is 12.5 Å². The third kappa shape index (κ3) is 4.19. The summed E-state index contributed by atoms with van der Waals surface area (Å²) in [6.45, 7) is 1.39. The van der Waals surface area contributed by atoms with Crippen molar-refractivity contribution in [1.29, 1.82) is 0 Å². The van der Waals surface area contributed by atoms with Crippen molar-refractivity contribution in [3.05, 3.63) is 46.9 Å². The van der Waals surface area contributed by atoms with Gasteiger partial charge in [-0.15, -0.1) is 0 Å². The van der Waals surface area contributed by atoms with Gasteiger partial charge in [-0.2, -0.15) is 0 Å². The second kappa shape index (κ2) is 8.27. The average molecular weight is 414 g/mol. The Kier molecular flexibility index (Phi) is 5.79. The zero-order valence-electron chi connectivity index (χ0n) is 15.9. The van der Waals surface area contributed by atoms with Crippen LogP contribution in [0.15, 0.2) is 41.3 Å². The molecule has 1 aliphatic rings. The highest BCUT2D eigenvalue weighted by molar-refractivity contribution is 8.19. The minimum absolute atomic E-state index is 0.153. The van der Waals surface area contributed by atoms with E-state index in [9.17, 15) is 19.5 Å². The molecule has 0 unspecified atom stereocenters. The van der Waals surface area contributed by atoms with Crippen molar-refractivity contribution >= 4 is 46.3 Å². The van der Waals surface area contributed by atoms with Crippen LogP contribution in [-0.4, -0.2) is 36.4 Å². The van der Waals surface area contributed by atoms with Crippen LogP contribution in [0, 0.1) is 0 Å². The summed E-state index contributed by atoms with van der Waals surface area (Å²) in [6, 6.07) is 9.45. The van der Waals surface area contributed by atoms with Gasteiger partial charge in [0.1, 0.15) is 0 Å². The van der Waals surface area contributed by atoms with Gasteiger partial charge in [-0.3, -0.25) is 14.4 Å². The van der Waals surface area contributed by atoms with Crippen LogP contribution in [0.4, 0.5) is 16.2 Å². The molecular formula is C20H18N2O6S. The lowest BCUT2D eigenvalue weighted by molar-refractivity contribution is -0.114. The monoisotopic (exact) mass is 414 g/mol. The number of nitrogens with one attached hydrogen (secondary N) is 1. The molecule has 0 atom stereocenters.